The third kappa shape index (κ3) is 2.06. The summed E-state index contributed by atoms with van der Waals surface area (Å²) in [6.45, 7) is 2.88. The third-order valence-corrected chi connectivity index (χ3v) is 3.42. The molecule has 1 aromatic carbocycles. The fourth-order valence-corrected chi connectivity index (χ4v) is 1.91. The smallest absolute Gasteiger partial charge is 0.254 e. The molecule has 1 aliphatic rings. The Morgan fingerprint density at radius 1 is 1.53 bits per heavy atom. The van der Waals surface area contributed by atoms with Crippen molar-refractivity contribution in [1.82, 2.24) is 4.90 Å². The van der Waals surface area contributed by atoms with E-state index in [0.29, 0.717) is 18.7 Å². The van der Waals surface area contributed by atoms with Gasteiger partial charge in [-0.15, -0.1) is 0 Å². The first-order valence-electron chi connectivity index (χ1n) is 4.81. The number of likely N-dealkylation sites (tertiary alicyclic amines) is 1. The van der Waals surface area contributed by atoms with E-state index in [0.717, 1.165) is 10.0 Å². The molecule has 3 nitrogen and oxygen atoms in total. The van der Waals surface area contributed by atoms with Gasteiger partial charge >= 0.3 is 0 Å². The SMILES string of the molecule is Cc1ccc(C(=O)N2CC(O)C2)cc1Br. The number of carbonyl (C=O) groups excluding carboxylic acids is 1. The van der Waals surface area contributed by atoms with E-state index in [9.17, 15) is 4.79 Å². The van der Waals surface area contributed by atoms with Crippen LogP contribution in [0.3, 0.4) is 0 Å². The van der Waals surface area contributed by atoms with Crippen LogP contribution in [-0.4, -0.2) is 35.1 Å². The van der Waals surface area contributed by atoms with Gasteiger partial charge in [-0.05, 0) is 24.6 Å². The molecule has 0 aromatic heterocycles. The molecule has 0 atom stereocenters. The zero-order valence-electron chi connectivity index (χ0n) is 8.40. The van der Waals surface area contributed by atoms with Crippen molar-refractivity contribution in [3.05, 3.63) is 33.8 Å². The van der Waals surface area contributed by atoms with Crippen LogP contribution in [0.2, 0.25) is 0 Å². The van der Waals surface area contributed by atoms with Crippen LogP contribution in [0.25, 0.3) is 0 Å². The van der Waals surface area contributed by atoms with Gasteiger partial charge in [0.1, 0.15) is 0 Å². The molecule has 0 spiro atoms. The van der Waals surface area contributed by atoms with E-state index in [2.05, 4.69) is 15.9 Å². The Hall–Kier alpha value is -0.870. The minimum Gasteiger partial charge on any atom is -0.389 e. The lowest BCUT2D eigenvalue weighted by molar-refractivity contribution is 0.00589. The molecule has 1 aromatic rings. The van der Waals surface area contributed by atoms with Gasteiger partial charge in [0.05, 0.1) is 6.10 Å². The highest BCUT2D eigenvalue weighted by Crippen LogP contribution is 2.20. The van der Waals surface area contributed by atoms with Crippen LogP contribution >= 0.6 is 15.9 Å². The second kappa shape index (κ2) is 3.94. The minimum atomic E-state index is -0.345. The van der Waals surface area contributed by atoms with Crippen molar-refractivity contribution in [3.63, 3.8) is 0 Å². The van der Waals surface area contributed by atoms with Gasteiger partial charge in [0.2, 0.25) is 0 Å². The van der Waals surface area contributed by atoms with Crippen molar-refractivity contribution in [3.8, 4) is 0 Å². The Kier molecular flexibility index (Phi) is 2.80. The largest absolute Gasteiger partial charge is 0.389 e. The highest BCUT2D eigenvalue weighted by atomic mass is 79.9. The van der Waals surface area contributed by atoms with E-state index in [1.54, 1.807) is 4.90 Å². The molecule has 2 rings (SSSR count). The van der Waals surface area contributed by atoms with Crippen LogP contribution in [-0.2, 0) is 0 Å². The Bertz CT molecular complexity index is 400. The maximum absolute atomic E-state index is 11.8. The summed E-state index contributed by atoms with van der Waals surface area (Å²) in [7, 11) is 0. The maximum atomic E-state index is 11.8. The van der Waals surface area contributed by atoms with Crippen LogP contribution in [0.15, 0.2) is 22.7 Å². The average molecular weight is 270 g/mol. The van der Waals surface area contributed by atoms with Crippen LogP contribution in [0.1, 0.15) is 15.9 Å². The van der Waals surface area contributed by atoms with E-state index in [1.807, 2.05) is 25.1 Å². The summed E-state index contributed by atoms with van der Waals surface area (Å²) < 4.78 is 0.939. The Balaban J connectivity index is 2.16. The summed E-state index contributed by atoms with van der Waals surface area (Å²) in [5.74, 6) is -0.0130. The molecule has 0 radical (unpaired) electrons. The van der Waals surface area contributed by atoms with Crippen LogP contribution in [0, 0.1) is 6.92 Å². The fraction of sp³-hybridized carbons (Fsp3) is 0.364. The van der Waals surface area contributed by atoms with Crippen molar-refractivity contribution in [2.75, 3.05) is 13.1 Å². The number of benzene rings is 1. The predicted octanol–water partition coefficient (Wildman–Crippen LogP) is 1.57. The van der Waals surface area contributed by atoms with Crippen molar-refractivity contribution >= 4 is 21.8 Å². The van der Waals surface area contributed by atoms with Crippen molar-refractivity contribution in [2.45, 2.75) is 13.0 Å². The number of hydrogen-bond acceptors (Lipinski definition) is 2. The molecule has 1 heterocycles. The summed E-state index contributed by atoms with van der Waals surface area (Å²) in [5.41, 5.74) is 1.77. The second-order valence-electron chi connectivity index (χ2n) is 3.83. The van der Waals surface area contributed by atoms with Gasteiger partial charge < -0.3 is 10.0 Å². The molecule has 15 heavy (non-hydrogen) atoms. The number of aliphatic hydroxyl groups excluding tert-OH is 1. The first kappa shape index (κ1) is 10.6. The Morgan fingerprint density at radius 2 is 2.20 bits per heavy atom. The van der Waals surface area contributed by atoms with E-state index < -0.39 is 0 Å². The van der Waals surface area contributed by atoms with Crippen LogP contribution in [0.5, 0.6) is 0 Å². The fourth-order valence-electron chi connectivity index (χ4n) is 1.53. The number of aryl methyl sites for hydroxylation is 1. The van der Waals surface area contributed by atoms with Crippen molar-refractivity contribution < 1.29 is 9.90 Å². The lowest BCUT2D eigenvalue weighted by Crippen LogP contribution is -2.53. The number of β-amino-alcohol motifs (C(OH)–C–C–N with tert-alkyl or cyclic N) is 1. The molecule has 0 unspecified atom stereocenters. The van der Waals surface area contributed by atoms with Gasteiger partial charge in [-0.25, -0.2) is 0 Å². The molecule has 0 bridgehead atoms. The zero-order valence-corrected chi connectivity index (χ0v) is 9.99. The number of aliphatic hydroxyl groups is 1. The van der Waals surface area contributed by atoms with Crippen molar-refractivity contribution in [1.29, 1.82) is 0 Å². The second-order valence-corrected chi connectivity index (χ2v) is 4.68. The van der Waals surface area contributed by atoms with Gasteiger partial charge in [0.25, 0.3) is 5.91 Å². The first-order valence-corrected chi connectivity index (χ1v) is 5.60. The van der Waals surface area contributed by atoms with Gasteiger partial charge in [-0.3, -0.25) is 4.79 Å². The molecular weight excluding hydrogens is 258 g/mol. The summed E-state index contributed by atoms with van der Waals surface area (Å²) in [6.07, 6.45) is -0.345. The quantitative estimate of drug-likeness (QED) is 0.841. The summed E-state index contributed by atoms with van der Waals surface area (Å²) >= 11 is 3.40. The standard InChI is InChI=1S/C11H12BrNO2/c1-7-2-3-8(4-10(7)12)11(15)13-5-9(14)6-13/h2-4,9,14H,5-6H2,1H3. The topological polar surface area (TPSA) is 40.5 Å². The lowest BCUT2D eigenvalue weighted by atomic mass is 10.1. The molecule has 80 valence electrons. The number of hydrogen-bond donors (Lipinski definition) is 1. The Morgan fingerprint density at radius 3 is 2.73 bits per heavy atom. The zero-order chi connectivity index (χ0) is 11.0. The maximum Gasteiger partial charge on any atom is 0.254 e. The van der Waals surface area contributed by atoms with E-state index in [-0.39, 0.29) is 12.0 Å². The first-order chi connectivity index (χ1) is 7.08. The molecule has 1 aliphatic heterocycles. The summed E-state index contributed by atoms with van der Waals surface area (Å²) in [6, 6.07) is 5.54. The van der Waals surface area contributed by atoms with Gasteiger partial charge in [0, 0.05) is 23.1 Å². The van der Waals surface area contributed by atoms with E-state index in [4.69, 9.17) is 5.11 Å². The highest BCUT2D eigenvalue weighted by Gasteiger charge is 2.29. The highest BCUT2D eigenvalue weighted by molar-refractivity contribution is 9.10. The minimum absolute atomic E-state index is 0.0130. The number of rotatable bonds is 1. The average Bonchev–Trinajstić information content (AvgIpc) is 2.16. The number of nitrogens with zero attached hydrogens (tertiary/aromatic N) is 1. The summed E-state index contributed by atoms with van der Waals surface area (Å²) in [4.78, 5) is 13.5. The molecule has 4 heteroatoms. The molecule has 1 saturated heterocycles. The number of carbonyl (C=O) groups is 1. The third-order valence-electron chi connectivity index (χ3n) is 2.57. The molecule has 1 N–H and O–H groups in total. The van der Waals surface area contributed by atoms with E-state index in [1.165, 1.54) is 0 Å². The number of halogens is 1. The predicted molar refractivity (Wildman–Crippen MR) is 60.8 cm³/mol. The molecule has 1 amide bonds. The van der Waals surface area contributed by atoms with Gasteiger partial charge in [-0.1, -0.05) is 22.0 Å². The number of amides is 1. The monoisotopic (exact) mass is 269 g/mol. The van der Waals surface area contributed by atoms with E-state index >= 15 is 0 Å². The van der Waals surface area contributed by atoms with Crippen LogP contribution < -0.4 is 0 Å². The molecular formula is C11H12BrNO2. The molecule has 0 aliphatic carbocycles. The van der Waals surface area contributed by atoms with Gasteiger partial charge in [0.15, 0.2) is 0 Å². The molecule has 0 saturated carbocycles. The Labute approximate surface area is 96.8 Å². The molecule has 1 fully saturated rings. The van der Waals surface area contributed by atoms with Crippen molar-refractivity contribution in [2.24, 2.45) is 0 Å². The summed E-state index contributed by atoms with van der Waals surface area (Å²) in [5, 5.41) is 9.11. The lowest BCUT2D eigenvalue weighted by Gasteiger charge is -2.35. The van der Waals surface area contributed by atoms with Crippen LogP contribution in [0.4, 0.5) is 0 Å². The normalized spacial score (nSPS) is 16.3. The van der Waals surface area contributed by atoms with Gasteiger partial charge in [-0.2, -0.15) is 0 Å².